The molecule has 1 saturated heterocycles. The molecule has 3 heterocycles. The summed E-state index contributed by atoms with van der Waals surface area (Å²) < 4.78 is 27.9. The number of rotatable bonds is 8. The van der Waals surface area contributed by atoms with Crippen molar-refractivity contribution in [3.63, 3.8) is 0 Å². The van der Waals surface area contributed by atoms with E-state index in [0.29, 0.717) is 49.4 Å². The second-order valence-electron chi connectivity index (χ2n) is 7.24. The third-order valence-corrected chi connectivity index (χ3v) is 4.95. The molecule has 0 unspecified atom stereocenters. The first kappa shape index (κ1) is 21.1. The molecule has 0 spiro atoms. The minimum Gasteiger partial charge on any atom is -0.488 e. The number of fused-ring (bicyclic) bond motifs is 1. The number of methoxy groups -OCH3 is 1. The maximum absolute atomic E-state index is 12.2. The Hall–Kier alpha value is -3.10. The summed E-state index contributed by atoms with van der Waals surface area (Å²) in [6, 6.07) is 9.12. The van der Waals surface area contributed by atoms with E-state index in [1.54, 1.807) is 26.3 Å². The number of carbonyl (C=O) groups is 1. The summed E-state index contributed by atoms with van der Waals surface area (Å²) in [6.07, 6.45) is 3.31. The number of benzene rings is 1. The van der Waals surface area contributed by atoms with Crippen LogP contribution in [0.4, 0.5) is 0 Å². The second-order valence-corrected chi connectivity index (χ2v) is 7.24. The predicted molar refractivity (Wildman–Crippen MR) is 114 cm³/mol. The molecule has 1 fully saturated rings. The third-order valence-electron chi connectivity index (χ3n) is 4.95. The molecule has 0 atom stereocenters. The van der Waals surface area contributed by atoms with Crippen molar-refractivity contribution in [2.45, 2.75) is 32.5 Å². The number of aromatic nitrogens is 2. The molecular weight excluding hydrogens is 400 g/mol. The van der Waals surface area contributed by atoms with Gasteiger partial charge in [-0.15, -0.1) is 0 Å². The standard InChI is InChI=1S/C23H26N2O6/c1-3-29-23(26)20-11-15-10-19(30-18-5-4-16(14-27-2)24-13-18)12-21(22(15)25-20)31-17-6-8-28-9-7-17/h4-5,10-13,17,25H,3,6-9,14H2,1-2H3. The van der Waals surface area contributed by atoms with Gasteiger partial charge >= 0.3 is 5.97 Å². The first-order valence-electron chi connectivity index (χ1n) is 10.4. The Bertz CT molecular complexity index is 1020. The summed E-state index contributed by atoms with van der Waals surface area (Å²) in [7, 11) is 1.63. The van der Waals surface area contributed by atoms with Crippen LogP contribution in [0.2, 0.25) is 0 Å². The SMILES string of the molecule is CCOC(=O)c1cc2cc(Oc3ccc(COC)nc3)cc(OC3CCOCC3)c2[nH]1. The highest BCUT2D eigenvalue weighted by Crippen LogP contribution is 2.35. The van der Waals surface area contributed by atoms with Crippen molar-refractivity contribution in [1.82, 2.24) is 9.97 Å². The largest absolute Gasteiger partial charge is 0.488 e. The van der Waals surface area contributed by atoms with Gasteiger partial charge in [0.15, 0.2) is 0 Å². The lowest BCUT2D eigenvalue weighted by atomic mass is 10.1. The number of carbonyl (C=O) groups excluding carboxylic acids is 1. The number of aromatic amines is 1. The summed E-state index contributed by atoms with van der Waals surface area (Å²) in [6.45, 7) is 3.86. The quantitative estimate of drug-likeness (QED) is 0.539. The van der Waals surface area contributed by atoms with Gasteiger partial charge in [0, 0.05) is 31.4 Å². The molecule has 3 aromatic rings. The molecule has 1 aliphatic heterocycles. The number of hydrogen-bond acceptors (Lipinski definition) is 7. The molecule has 0 amide bonds. The normalized spacial score (nSPS) is 14.5. The van der Waals surface area contributed by atoms with E-state index in [-0.39, 0.29) is 6.10 Å². The van der Waals surface area contributed by atoms with Crippen molar-refractivity contribution < 1.29 is 28.5 Å². The van der Waals surface area contributed by atoms with E-state index in [4.69, 9.17) is 23.7 Å². The first-order chi connectivity index (χ1) is 15.2. The molecule has 31 heavy (non-hydrogen) atoms. The average Bonchev–Trinajstić information content (AvgIpc) is 3.21. The molecule has 1 N–H and O–H groups in total. The Kier molecular flexibility index (Phi) is 6.69. The van der Waals surface area contributed by atoms with Crippen LogP contribution in [0, 0.1) is 0 Å². The number of pyridine rings is 1. The molecule has 1 aliphatic rings. The van der Waals surface area contributed by atoms with Crippen LogP contribution >= 0.6 is 0 Å². The van der Waals surface area contributed by atoms with Crippen molar-refractivity contribution in [1.29, 1.82) is 0 Å². The van der Waals surface area contributed by atoms with Gasteiger partial charge in [0.25, 0.3) is 0 Å². The highest BCUT2D eigenvalue weighted by molar-refractivity contribution is 5.97. The van der Waals surface area contributed by atoms with E-state index in [9.17, 15) is 4.79 Å². The van der Waals surface area contributed by atoms with Crippen molar-refractivity contribution in [2.75, 3.05) is 26.9 Å². The molecule has 4 rings (SSSR count). The number of esters is 1. The molecule has 8 nitrogen and oxygen atoms in total. The summed E-state index contributed by atoms with van der Waals surface area (Å²) in [5.41, 5.74) is 1.92. The van der Waals surface area contributed by atoms with E-state index < -0.39 is 5.97 Å². The summed E-state index contributed by atoms with van der Waals surface area (Å²) in [5, 5.41) is 0.798. The van der Waals surface area contributed by atoms with E-state index in [1.807, 2.05) is 24.3 Å². The Morgan fingerprint density at radius 2 is 2.03 bits per heavy atom. The van der Waals surface area contributed by atoms with Crippen LogP contribution in [0.1, 0.15) is 35.9 Å². The molecule has 0 bridgehead atoms. The van der Waals surface area contributed by atoms with Gasteiger partial charge in [0.2, 0.25) is 0 Å². The maximum atomic E-state index is 12.2. The first-order valence-corrected chi connectivity index (χ1v) is 10.4. The highest BCUT2D eigenvalue weighted by Gasteiger charge is 2.20. The Balaban J connectivity index is 1.64. The van der Waals surface area contributed by atoms with Gasteiger partial charge in [-0.05, 0) is 31.2 Å². The van der Waals surface area contributed by atoms with Gasteiger partial charge in [-0.2, -0.15) is 0 Å². The number of nitrogens with one attached hydrogen (secondary N) is 1. The Morgan fingerprint density at radius 1 is 1.19 bits per heavy atom. The van der Waals surface area contributed by atoms with E-state index in [1.165, 1.54) is 0 Å². The van der Waals surface area contributed by atoms with Crippen LogP contribution in [-0.4, -0.2) is 49.0 Å². The zero-order valence-electron chi connectivity index (χ0n) is 17.7. The monoisotopic (exact) mass is 426 g/mol. The Morgan fingerprint density at radius 3 is 2.74 bits per heavy atom. The van der Waals surface area contributed by atoms with Crippen LogP contribution in [0.5, 0.6) is 17.2 Å². The number of hydrogen-bond donors (Lipinski definition) is 1. The fourth-order valence-electron chi connectivity index (χ4n) is 3.47. The zero-order valence-corrected chi connectivity index (χ0v) is 17.7. The van der Waals surface area contributed by atoms with Crippen LogP contribution in [-0.2, 0) is 20.8 Å². The van der Waals surface area contributed by atoms with Crippen LogP contribution in [0.25, 0.3) is 10.9 Å². The molecule has 0 saturated carbocycles. The lowest BCUT2D eigenvalue weighted by Gasteiger charge is -2.24. The minimum absolute atomic E-state index is 0.0385. The van der Waals surface area contributed by atoms with Gasteiger partial charge in [-0.1, -0.05) is 0 Å². The van der Waals surface area contributed by atoms with Crippen LogP contribution in [0.3, 0.4) is 0 Å². The zero-order chi connectivity index (χ0) is 21.6. The molecule has 2 aromatic heterocycles. The van der Waals surface area contributed by atoms with Gasteiger partial charge in [0.05, 0.1) is 43.8 Å². The fraction of sp³-hybridized carbons (Fsp3) is 0.391. The van der Waals surface area contributed by atoms with E-state index in [2.05, 4.69) is 9.97 Å². The molecule has 1 aromatic carbocycles. The predicted octanol–water partition coefficient (Wildman–Crippen LogP) is 4.24. The van der Waals surface area contributed by atoms with Crippen molar-refractivity contribution >= 4 is 16.9 Å². The maximum Gasteiger partial charge on any atom is 0.354 e. The van der Waals surface area contributed by atoms with Crippen molar-refractivity contribution in [2.24, 2.45) is 0 Å². The highest BCUT2D eigenvalue weighted by atomic mass is 16.5. The van der Waals surface area contributed by atoms with Crippen molar-refractivity contribution in [3.05, 3.63) is 47.9 Å². The molecule has 0 radical (unpaired) electrons. The Labute approximate surface area is 180 Å². The van der Waals surface area contributed by atoms with Gasteiger partial charge in [-0.25, -0.2) is 4.79 Å². The van der Waals surface area contributed by atoms with Gasteiger partial charge in [-0.3, -0.25) is 4.98 Å². The van der Waals surface area contributed by atoms with Crippen LogP contribution < -0.4 is 9.47 Å². The van der Waals surface area contributed by atoms with Gasteiger partial charge in [0.1, 0.15) is 29.0 Å². The molecule has 164 valence electrons. The molecule has 0 aliphatic carbocycles. The summed E-state index contributed by atoms with van der Waals surface area (Å²) in [5.74, 6) is 1.40. The smallest absolute Gasteiger partial charge is 0.354 e. The minimum atomic E-state index is -0.406. The number of H-pyrrole nitrogens is 1. The van der Waals surface area contributed by atoms with E-state index in [0.717, 1.165) is 29.4 Å². The molecular formula is C23H26N2O6. The third kappa shape index (κ3) is 5.15. The van der Waals surface area contributed by atoms with Crippen LogP contribution in [0.15, 0.2) is 36.5 Å². The average molecular weight is 426 g/mol. The molecule has 8 heteroatoms. The van der Waals surface area contributed by atoms with E-state index >= 15 is 0 Å². The fourth-order valence-corrected chi connectivity index (χ4v) is 3.47. The topological polar surface area (TPSA) is 91.9 Å². The summed E-state index contributed by atoms with van der Waals surface area (Å²) >= 11 is 0. The second kappa shape index (κ2) is 9.80. The number of ether oxygens (including phenoxy) is 5. The lowest BCUT2D eigenvalue weighted by molar-refractivity contribution is 0.0260. The lowest BCUT2D eigenvalue weighted by Crippen LogP contribution is -2.25. The van der Waals surface area contributed by atoms with Crippen molar-refractivity contribution in [3.8, 4) is 17.2 Å². The number of nitrogens with zero attached hydrogens (tertiary/aromatic N) is 1. The summed E-state index contributed by atoms with van der Waals surface area (Å²) in [4.78, 5) is 19.7. The van der Waals surface area contributed by atoms with Gasteiger partial charge < -0.3 is 28.7 Å².